The van der Waals surface area contributed by atoms with E-state index in [-0.39, 0.29) is 25.0 Å². The molecule has 3 aliphatic carbocycles. The van der Waals surface area contributed by atoms with Crippen LogP contribution in [0.3, 0.4) is 0 Å². The molecule has 3 fully saturated rings. The van der Waals surface area contributed by atoms with Gasteiger partial charge in [0, 0.05) is 48.9 Å². The van der Waals surface area contributed by atoms with Crippen LogP contribution in [0.4, 0.5) is 10.6 Å². The maximum atomic E-state index is 14.9. The molecule has 48 heavy (non-hydrogen) atoms. The molecule has 11 heteroatoms. The number of methoxy groups -OCH3 is 1. The van der Waals surface area contributed by atoms with Gasteiger partial charge >= 0.3 is 6.09 Å². The lowest BCUT2D eigenvalue weighted by molar-refractivity contribution is -0.142. The quantitative estimate of drug-likeness (QED) is 0.223. The summed E-state index contributed by atoms with van der Waals surface area (Å²) < 4.78 is 17.4. The van der Waals surface area contributed by atoms with Crippen LogP contribution in [0.2, 0.25) is 0 Å². The first-order valence-corrected chi connectivity index (χ1v) is 17.7. The topological polar surface area (TPSA) is 131 Å². The van der Waals surface area contributed by atoms with Gasteiger partial charge in [-0.25, -0.2) is 14.8 Å². The lowest BCUT2D eigenvalue weighted by atomic mass is 9.79. The van der Waals surface area contributed by atoms with Crippen molar-refractivity contribution < 1.29 is 28.6 Å². The number of carbonyl (C=O) groups is 2. The molecule has 6 rings (SSSR count). The Morgan fingerprint density at radius 1 is 1.02 bits per heavy atom. The number of ether oxygens (including phenoxy) is 2. The van der Waals surface area contributed by atoms with Gasteiger partial charge in [-0.2, -0.15) is 0 Å². The zero-order valence-corrected chi connectivity index (χ0v) is 28.5. The van der Waals surface area contributed by atoms with Crippen molar-refractivity contribution in [3.63, 3.8) is 0 Å². The number of oxazole rings is 1. The third-order valence-electron chi connectivity index (χ3n) is 10.3. The molecule has 0 unspecified atom stereocenters. The first kappa shape index (κ1) is 33.9. The molecule has 0 aromatic carbocycles. The van der Waals surface area contributed by atoms with Crippen LogP contribution in [0.25, 0.3) is 11.3 Å². The minimum Gasteiger partial charge on any atom is -0.495 e. The van der Waals surface area contributed by atoms with E-state index in [2.05, 4.69) is 6.07 Å². The molecule has 0 spiro atoms. The van der Waals surface area contributed by atoms with Crippen LogP contribution in [0.15, 0.2) is 41.1 Å². The zero-order valence-electron chi connectivity index (χ0n) is 28.5. The molecule has 1 N–H and O–H groups in total. The van der Waals surface area contributed by atoms with Crippen molar-refractivity contribution in [3.8, 4) is 17.0 Å². The van der Waals surface area contributed by atoms with Gasteiger partial charge in [0.15, 0.2) is 11.5 Å². The Kier molecular flexibility index (Phi) is 10.6. The van der Waals surface area contributed by atoms with E-state index in [0.717, 1.165) is 92.1 Å². The molecule has 3 heterocycles. The van der Waals surface area contributed by atoms with Crippen LogP contribution in [0.1, 0.15) is 107 Å². The molecule has 11 nitrogen and oxygen atoms in total. The number of aryl methyl sites for hydroxylation is 1. The van der Waals surface area contributed by atoms with Crippen LogP contribution in [0, 0.1) is 12.8 Å². The number of carbonyl (C=O) groups excluding carboxylic acids is 2. The maximum Gasteiger partial charge on any atom is 0.410 e. The van der Waals surface area contributed by atoms with Gasteiger partial charge in [0.1, 0.15) is 23.5 Å². The standard InChI is InChI=1S/C37H49N5O6/c1-4-41(20-21-43)36(45)48-37(17-6-5-7-18-37)35(44)42(33-22-29(16-19-38-33)31-24-47-34(40-31)28-12-13-28)23-26-8-10-27(11-9-26)30-14-15-32(46-3)25(2)39-30/h14-16,19,22,24,26-28,43H,4-13,17-18,20-21,23H2,1-3H3. The van der Waals surface area contributed by atoms with Crippen molar-refractivity contribution in [2.24, 2.45) is 5.92 Å². The lowest BCUT2D eigenvalue weighted by Crippen LogP contribution is -2.56. The number of aliphatic hydroxyl groups is 1. The van der Waals surface area contributed by atoms with Crippen molar-refractivity contribution in [3.05, 3.63) is 54.0 Å². The largest absolute Gasteiger partial charge is 0.495 e. The lowest BCUT2D eigenvalue weighted by Gasteiger charge is -2.41. The number of hydrogen-bond donors (Lipinski definition) is 1. The SMILES string of the molecule is CCN(CCO)C(=O)OC1(C(=O)N(CC2CCC(c3ccc(OC)c(C)n3)CC2)c2cc(-c3coc(C4CC4)n3)ccn2)CCCCC1. The van der Waals surface area contributed by atoms with Gasteiger partial charge in [-0.15, -0.1) is 0 Å². The van der Waals surface area contributed by atoms with Gasteiger partial charge in [-0.05, 0) is 108 Å². The fourth-order valence-electron chi connectivity index (χ4n) is 7.31. The van der Waals surface area contributed by atoms with Crippen LogP contribution >= 0.6 is 0 Å². The second kappa shape index (κ2) is 15.1. The smallest absolute Gasteiger partial charge is 0.410 e. The van der Waals surface area contributed by atoms with Crippen molar-refractivity contribution in [2.45, 2.75) is 102 Å². The Labute approximate surface area is 283 Å². The summed E-state index contributed by atoms with van der Waals surface area (Å²) in [6.45, 7) is 4.64. The van der Waals surface area contributed by atoms with E-state index in [1.807, 2.05) is 32.0 Å². The van der Waals surface area contributed by atoms with Crippen LogP contribution in [0.5, 0.6) is 5.75 Å². The van der Waals surface area contributed by atoms with E-state index in [1.165, 1.54) is 4.90 Å². The third-order valence-corrected chi connectivity index (χ3v) is 10.3. The highest BCUT2D eigenvalue weighted by molar-refractivity contribution is 6.00. The Hall–Kier alpha value is -3.99. The second-order valence-electron chi connectivity index (χ2n) is 13.6. The summed E-state index contributed by atoms with van der Waals surface area (Å²) in [6, 6.07) is 7.86. The summed E-state index contributed by atoms with van der Waals surface area (Å²) in [7, 11) is 1.66. The fraction of sp³-hybridized carbons (Fsp3) is 0.595. The van der Waals surface area contributed by atoms with E-state index >= 15 is 0 Å². The van der Waals surface area contributed by atoms with Gasteiger partial charge in [0.05, 0.1) is 19.4 Å². The molecule has 3 saturated carbocycles. The van der Waals surface area contributed by atoms with Crippen LogP contribution < -0.4 is 9.64 Å². The molecule has 258 valence electrons. The minimum atomic E-state index is -1.30. The highest BCUT2D eigenvalue weighted by Gasteiger charge is 2.47. The molecule has 3 aliphatic rings. The second-order valence-corrected chi connectivity index (χ2v) is 13.6. The fourth-order valence-corrected chi connectivity index (χ4v) is 7.31. The molecule has 0 atom stereocenters. The Balaban J connectivity index is 1.27. The number of rotatable bonds is 12. The normalized spacial score (nSPS) is 20.6. The number of amides is 2. The summed E-state index contributed by atoms with van der Waals surface area (Å²) in [5.41, 5.74) is 2.22. The van der Waals surface area contributed by atoms with E-state index in [4.69, 9.17) is 28.8 Å². The molecule has 0 saturated heterocycles. The van der Waals surface area contributed by atoms with Gasteiger partial charge in [0.25, 0.3) is 5.91 Å². The van der Waals surface area contributed by atoms with Crippen molar-refractivity contribution in [2.75, 3.05) is 38.3 Å². The number of pyridine rings is 2. The van der Waals surface area contributed by atoms with E-state index in [0.29, 0.717) is 43.6 Å². The van der Waals surface area contributed by atoms with Crippen LogP contribution in [-0.2, 0) is 9.53 Å². The molecular formula is C37H49N5O6. The maximum absolute atomic E-state index is 14.9. The highest BCUT2D eigenvalue weighted by atomic mass is 16.6. The number of aliphatic hydroxyl groups excluding tert-OH is 1. The summed E-state index contributed by atoms with van der Waals surface area (Å²) >= 11 is 0. The number of anilines is 1. The molecule has 3 aromatic rings. The Bertz CT molecular complexity index is 1560. The monoisotopic (exact) mass is 659 g/mol. The predicted octanol–water partition coefficient (Wildman–Crippen LogP) is 6.79. The van der Waals surface area contributed by atoms with Gasteiger partial charge < -0.3 is 23.9 Å². The van der Waals surface area contributed by atoms with Gasteiger partial charge in [-0.3, -0.25) is 14.7 Å². The van der Waals surface area contributed by atoms with E-state index in [1.54, 1.807) is 24.5 Å². The number of likely N-dealkylation sites (N-methyl/N-ethyl adjacent to an activating group) is 1. The number of aromatic nitrogens is 3. The predicted molar refractivity (Wildman–Crippen MR) is 181 cm³/mol. The molecule has 2 amide bonds. The highest BCUT2D eigenvalue weighted by Crippen LogP contribution is 2.42. The van der Waals surface area contributed by atoms with Crippen molar-refractivity contribution in [1.82, 2.24) is 19.9 Å². The average Bonchev–Trinajstić information content (AvgIpc) is 3.85. The number of nitrogens with zero attached hydrogens (tertiary/aromatic N) is 5. The first-order valence-electron chi connectivity index (χ1n) is 17.7. The molecule has 0 radical (unpaired) electrons. The minimum absolute atomic E-state index is 0.152. The van der Waals surface area contributed by atoms with Crippen molar-refractivity contribution >= 4 is 17.8 Å². The van der Waals surface area contributed by atoms with Gasteiger partial charge in [-0.1, -0.05) is 6.42 Å². The summed E-state index contributed by atoms with van der Waals surface area (Å²) in [5, 5.41) is 9.54. The molecule has 3 aromatic heterocycles. The van der Waals surface area contributed by atoms with E-state index < -0.39 is 11.7 Å². The molecular weight excluding hydrogens is 610 g/mol. The third kappa shape index (κ3) is 7.51. The Morgan fingerprint density at radius 3 is 2.44 bits per heavy atom. The van der Waals surface area contributed by atoms with Gasteiger partial charge in [0.2, 0.25) is 0 Å². The summed E-state index contributed by atoms with van der Waals surface area (Å²) in [6.07, 6.45) is 12.3. The Morgan fingerprint density at radius 2 is 1.77 bits per heavy atom. The summed E-state index contributed by atoms with van der Waals surface area (Å²) in [4.78, 5) is 45.8. The first-order chi connectivity index (χ1) is 23.3. The molecule has 0 aliphatic heterocycles. The zero-order chi connectivity index (χ0) is 33.7. The van der Waals surface area contributed by atoms with E-state index in [9.17, 15) is 14.7 Å². The molecule has 0 bridgehead atoms. The summed E-state index contributed by atoms with van der Waals surface area (Å²) in [5.74, 6) is 2.82. The van der Waals surface area contributed by atoms with Crippen LogP contribution in [-0.4, -0.2) is 75.9 Å². The number of hydrogen-bond acceptors (Lipinski definition) is 9. The average molecular weight is 660 g/mol. The van der Waals surface area contributed by atoms with Crippen molar-refractivity contribution in [1.29, 1.82) is 0 Å².